The van der Waals surface area contributed by atoms with Crippen molar-refractivity contribution in [3.63, 3.8) is 0 Å². The van der Waals surface area contributed by atoms with Gasteiger partial charge in [0.2, 0.25) is 5.91 Å². The molecule has 2 aromatic rings. The summed E-state index contributed by atoms with van der Waals surface area (Å²) in [6.07, 6.45) is 3.88. The van der Waals surface area contributed by atoms with Gasteiger partial charge in [0, 0.05) is 22.6 Å². The highest BCUT2D eigenvalue weighted by Crippen LogP contribution is 2.32. The molecule has 0 bridgehead atoms. The molecule has 1 aliphatic heterocycles. The normalized spacial score (nSPS) is 25.8. The lowest BCUT2D eigenvalue weighted by Gasteiger charge is -2.32. The first kappa shape index (κ1) is 18.6. The van der Waals surface area contributed by atoms with Gasteiger partial charge in [0.25, 0.3) is 5.89 Å². The van der Waals surface area contributed by atoms with Crippen LogP contribution in [-0.4, -0.2) is 28.6 Å². The molecule has 4 unspecified atom stereocenters. The predicted octanol–water partition coefficient (Wildman–Crippen LogP) is 2.96. The fraction of sp³-hybridized carbons (Fsp3) is 0.526. The Labute approximate surface area is 166 Å². The van der Waals surface area contributed by atoms with Crippen molar-refractivity contribution in [1.29, 1.82) is 0 Å². The molecule has 4 atom stereocenters. The molecule has 0 spiro atoms. The number of hydrogen-bond acceptors (Lipinski definition) is 6. The summed E-state index contributed by atoms with van der Waals surface area (Å²) < 4.78 is 6.38. The van der Waals surface area contributed by atoms with Gasteiger partial charge in [-0.15, -0.1) is 0 Å². The summed E-state index contributed by atoms with van der Waals surface area (Å²) in [4.78, 5) is 17.4. The molecule has 8 heteroatoms. The molecule has 1 amide bonds. The largest absolute Gasteiger partial charge is 0.346 e. The minimum atomic E-state index is -0.253. The molecule has 7 nitrogen and oxygen atoms in total. The molecule has 2 fully saturated rings. The number of nitrogens with zero attached hydrogens (tertiary/aromatic N) is 2. The van der Waals surface area contributed by atoms with Crippen LogP contribution < -0.4 is 16.2 Å². The molecule has 1 aromatic heterocycles. The fourth-order valence-electron chi connectivity index (χ4n) is 4.08. The highest BCUT2D eigenvalue weighted by Gasteiger charge is 2.40. The Balaban J connectivity index is 1.47. The zero-order chi connectivity index (χ0) is 18.8. The predicted molar refractivity (Wildman–Crippen MR) is 104 cm³/mol. The lowest BCUT2D eigenvalue weighted by atomic mass is 9.77. The molecule has 1 aromatic carbocycles. The van der Waals surface area contributed by atoms with Crippen molar-refractivity contribution in [1.82, 2.24) is 26.3 Å². The van der Waals surface area contributed by atoms with Crippen LogP contribution >= 0.6 is 15.9 Å². The van der Waals surface area contributed by atoms with Crippen molar-refractivity contribution in [2.75, 3.05) is 6.54 Å². The topological polar surface area (TPSA) is 92.1 Å². The van der Waals surface area contributed by atoms with E-state index in [4.69, 9.17) is 4.52 Å². The van der Waals surface area contributed by atoms with E-state index >= 15 is 0 Å². The number of rotatable bonds is 5. The van der Waals surface area contributed by atoms with Crippen LogP contribution in [0.2, 0.25) is 0 Å². The number of benzene rings is 1. The summed E-state index contributed by atoms with van der Waals surface area (Å²) in [6, 6.07) is 7.67. The van der Waals surface area contributed by atoms with Gasteiger partial charge in [0.15, 0.2) is 5.82 Å². The van der Waals surface area contributed by atoms with Gasteiger partial charge in [-0.25, -0.2) is 0 Å². The van der Waals surface area contributed by atoms with Crippen LogP contribution in [0.25, 0.3) is 11.5 Å². The van der Waals surface area contributed by atoms with E-state index in [9.17, 15) is 4.79 Å². The maximum Gasteiger partial charge on any atom is 0.258 e. The van der Waals surface area contributed by atoms with Crippen molar-refractivity contribution >= 4 is 21.8 Å². The molecular formula is C19H24BrN5O2. The van der Waals surface area contributed by atoms with E-state index in [1.54, 1.807) is 0 Å². The monoisotopic (exact) mass is 433 g/mol. The van der Waals surface area contributed by atoms with Gasteiger partial charge in [0.1, 0.15) is 0 Å². The fourth-order valence-corrected chi connectivity index (χ4v) is 4.48. The van der Waals surface area contributed by atoms with E-state index in [0.717, 1.165) is 29.4 Å². The zero-order valence-electron chi connectivity index (χ0n) is 15.2. The summed E-state index contributed by atoms with van der Waals surface area (Å²) >= 11 is 3.45. The van der Waals surface area contributed by atoms with Crippen molar-refractivity contribution in [3.05, 3.63) is 34.6 Å². The summed E-state index contributed by atoms with van der Waals surface area (Å²) in [7, 11) is 0. The highest BCUT2D eigenvalue weighted by molar-refractivity contribution is 9.10. The number of carbonyl (C=O) groups is 1. The second kappa shape index (κ2) is 8.08. The van der Waals surface area contributed by atoms with Crippen molar-refractivity contribution in [2.24, 2.45) is 11.8 Å². The number of halogens is 1. The van der Waals surface area contributed by atoms with Crippen LogP contribution in [-0.2, 0) is 4.79 Å². The van der Waals surface area contributed by atoms with Crippen LogP contribution in [0.1, 0.15) is 44.5 Å². The number of hydrazine groups is 1. The molecule has 1 saturated carbocycles. The summed E-state index contributed by atoms with van der Waals surface area (Å²) in [5, 5.41) is 7.25. The van der Waals surface area contributed by atoms with Crippen molar-refractivity contribution in [2.45, 2.75) is 44.7 Å². The minimum absolute atomic E-state index is 0.0238. The SMILES string of the molecule is CCC(NC(=O)C1CCCC2CNNC21)c1noc(-c2cccc(Br)c2)n1. The first-order valence-electron chi connectivity index (χ1n) is 9.54. The van der Waals surface area contributed by atoms with Crippen LogP contribution in [0.5, 0.6) is 0 Å². The van der Waals surface area contributed by atoms with Crippen molar-refractivity contribution < 1.29 is 9.32 Å². The van der Waals surface area contributed by atoms with Crippen LogP contribution in [0.15, 0.2) is 33.3 Å². The van der Waals surface area contributed by atoms with Gasteiger partial charge in [0.05, 0.1) is 12.0 Å². The lowest BCUT2D eigenvalue weighted by molar-refractivity contribution is -0.128. The number of hydrogen-bond donors (Lipinski definition) is 3. The van der Waals surface area contributed by atoms with Gasteiger partial charge in [-0.1, -0.05) is 40.5 Å². The average molecular weight is 434 g/mol. The first-order chi connectivity index (χ1) is 13.2. The second-order valence-corrected chi connectivity index (χ2v) is 8.20. The third-order valence-corrected chi connectivity index (χ3v) is 6.04. The van der Waals surface area contributed by atoms with Crippen LogP contribution in [0.3, 0.4) is 0 Å². The van der Waals surface area contributed by atoms with E-state index in [-0.39, 0.29) is 23.9 Å². The quantitative estimate of drug-likeness (QED) is 0.670. The Hall–Kier alpha value is -1.77. The Kier molecular flexibility index (Phi) is 5.56. The lowest BCUT2D eigenvalue weighted by Crippen LogP contribution is -2.48. The number of nitrogens with one attached hydrogen (secondary N) is 3. The average Bonchev–Trinajstić information content (AvgIpc) is 3.35. The van der Waals surface area contributed by atoms with Crippen LogP contribution in [0, 0.1) is 11.8 Å². The second-order valence-electron chi connectivity index (χ2n) is 7.29. The molecule has 144 valence electrons. The molecule has 1 aliphatic carbocycles. The van der Waals surface area contributed by atoms with Crippen molar-refractivity contribution in [3.8, 4) is 11.5 Å². The maximum absolute atomic E-state index is 12.9. The van der Waals surface area contributed by atoms with Gasteiger partial charge in [-0.3, -0.25) is 15.6 Å². The van der Waals surface area contributed by atoms with E-state index in [2.05, 4.69) is 42.2 Å². The molecule has 3 N–H and O–H groups in total. The van der Waals surface area contributed by atoms with Gasteiger partial charge < -0.3 is 9.84 Å². The molecule has 0 radical (unpaired) electrons. The molecule has 4 rings (SSSR count). The minimum Gasteiger partial charge on any atom is -0.346 e. The Morgan fingerprint density at radius 3 is 3.15 bits per heavy atom. The van der Waals surface area contributed by atoms with Crippen LogP contribution in [0.4, 0.5) is 0 Å². The summed E-state index contributed by atoms with van der Waals surface area (Å²) in [5.41, 5.74) is 7.33. The maximum atomic E-state index is 12.9. The number of aromatic nitrogens is 2. The molecule has 27 heavy (non-hydrogen) atoms. The van der Waals surface area contributed by atoms with E-state index in [0.29, 0.717) is 24.1 Å². The Morgan fingerprint density at radius 1 is 1.44 bits per heavy atom. The third kappa shape index (κ3) is 3.93. The summed E-state index contributed by atoms with van der Waals surface area (Å²) in [5.74, 6) is 1.55. The highest BCUT2D eigenvalue weighted by atomic mass is 79.9. The van der Waals surface area contributed by atoms with Gasteiger partial charge in [-0.2, -0.15) is 4.98 Å². The van der Waals surface area contributed by atoms with E-state index in [1.807, 2.05) is 31.2 Å². The summed E-state index contributed by atoms with van der Waals surface area (Å²) in [6.45, 7) is 2.95. The number of fused-ring (bicyclic) bond motifs is 1. The molecule has 2 heterocycles. The number of carbonyl (C=O) groups excluding carboxylic acids is 1. The molecule has 2 aliphatic rings. The third-order valence-electron chi connectivity index (χ3n) is 5.55. The van der Waals surface area contributed by atoms with Gasteiger partial charge >= 0.3 is 0 Å². The standard InChI is InChI=1S/C19H24BrN5O2/c1-2-15(17-23-19(27-25-17)11-5-3-7-13(20)9-11)22-18(26)14-8-4-6-12-10-21-24-16(12)14/h3,5,7,9,12,14-16,21,24H,2,4,6,8,10H2,1H3,(H,22,26). The molecule has 1 saturated heterocycles. The zero-order valence-corrected chi connectivity index (χ0v) is 16.8. The van der Waals surface area contributed by atoms with E-state index in [1.165, 1.54) is 6.42 Å². The number of amides is 1. The Bertz CT molecular complexity index is 811. The smallest absolute Gasteiger partial charge is 0.258 e. The van der Waals surface area contributed by atoms with Gasteiger partial charge in [-0.05, 0) is 43.4 Å². The van der Waals surface area contributed by atoms with E-state index < -0.39 is 0 Å². The Morgan fingerprint density at radius 2 is 2.33 bits per heavy atom. The molecular weight excluding hydrogens is 410 g/mol. The first-order valence-corrected chi connectivity index (χ1v) is 10.3.